The van der Waals surface area contributed by atoms with Crippen molar-refractivity contribution in [2.75, 3.05) is 0 Å². The van der Waals surface area contributed by atoms with E-state index in [9.17, 15) is 5.26 Å². The maximum Gasteiger partial charge on any atom is 0.149 e. The molecule has 2 aromatic carbocycles. The van der Waals surface area contributed by atoms with Gasteiger partial charge in [0.15, 0.2) is 0 Å². The van der Waals surface area contributed by atoms with Crippen LogP contribution in [0.5, 0.6) is 0 Å². The summed E-state index contributed by atoms with van der Waals surface area (Å²) in [7, 11) is 0. The Bertz CT molecular complexity index is 802. The molecule has 3 aromatic rings. The molecule has 0 spiro atoms. The molecule has 3 nitrogen and oxygen atoms in total. The van der Waals surface area contributed by atoms with Crippen LogP contribution in [0.15, 0.2) is 48.5 Å². The highest BCUT2D eigenvalue weighted by atomic mass is 14.9. The Labute approximate surface area is 117 Å². The van der Waals surface area contributed by atoms with Gasteiger partial charge >= 0.3 is 0 Å². The maximum absolute atomic E-state index is 9.36. The lowest BCUT2D eigenvalue weighted by atomic mass is 10.1. The van der Waals surface area contributed by atoms with Crippen molar-refractivity contribution >= 4 is 22.7 Å². The quantitative estimate of drug-likeness (QED) is 0.709. The van der Waals surface area contributed by atoms with Crippen LogP contribution in [0.3, 0.4) is 0 Å². The van der Waals surface area contributed by atoms with Gasteiger partial charge < -0.3 is 4.98 Å². The summed E-state index contributed by atoms with van der Waals surface area (Å²) in [6.45, 7) is 2.03. The Hall–Kier alpha value is -2.86. The monoisotopic (exact) mass is 259 g/mol. The molecule has 96 valence electrons. The summed E-state index contributed by atoms with van der Waals surface area (Å²) in [4.78, 5) is 7.64. The lowest BCUT2D eigenvalue weighted by Gasteiger charge is -1.97. The Balaban J connectivity index is 2.07. The summed E-state index contributed by atoms with van der Waals surface area (Å²) in [6, 6.07) is 18.0. The second-order valence-electron chi connectivity index (χ2n) is 4.69. The molecule has 0 bridgehead atoms. The molecule has 3 heteroatoms. The van der Waals surface area contributed by atoms with Crippen LogP contribution in [-0.2, 0) is 0 Å². The van der Waals surface area contributed by atoms with Crippen LogP contribution >= 0.6 is 0 Å². The number of aryl methyl sites for hydroxylation is 1. The number of nitrogens with zero attached hydrogens (tertiary/aromatic N) is 2. The Morgan fingerprint density at radius 1 is 1.20 bits per heavy atom. The number of nitrogens with one attached hydrogen (secondary N) is 1. The molecule has 0 atom stereocenters. The number of aromatic amines is 1. The van der Waals surface area contributed by atoms with Gasteiger partial charge in [-0.05, 0) is 30.7 Å². The first-order valence-electron chi connectivity index (χ1n) is 6.40. The molecule has 0 aliphatic rings. The van der Waals surface area contributed by atoms with Gasteiger partial charge in [0.25, 0.3) is 0 Å². The van der Waals surface area contributed by atoms with Crippen molar-refractivity contribution in [3.8, 4) is 6.07 Å². The number of hydrogen-bond donors (Lipinski definition) is 1. The number of allylic oxidation sites excluding steroid dienone is 1. The minimum absolute atomic E-state index is 0.534. The number of rotatable bonds is 2. The zero-order chi connectivity index (χ0) is 13.9. The molecule has 3 rings (SSSR count). The van der Waals surface area contributed by atoms with Gasteiger partial charge in [-0.3, -0.25) is 0 Å². The minimum atomic E-state index is 0.534. The summed E-state index contributed by atoms with van der Waals surface area (Å²) < 4.78 is 0. The molecule has 0 amide bonds. The first-order valence-corrected chi connectivity index (χ1v) is 6.40. The SMILES string of the molecule is Cc1cccc(/C=C(\C#N)c2nc3ccccc3[nH]2)c1. The second kappa shape index (κ2) is 5.02. The normalized spacial score (nSPS) is 11.5. The molecule has 0 saturated carbocycles. The Morgan fingerprint density at radius 3 is 2.80 bits per heavy atom. The van der Waals surface area contributed by atoms with Gasteiger partial charge in [-0.15, -0.1) is 0 Å². The van der Waals surface area contributed by atoms with Crippen molar-refractivity contribution in [3.63, 3.8) is 0 Å². The fraction of sp³-hybridized carbons (Fsp3) is 0.0588. The molecule has 0 saturated heterocycles. The number of aromatic nitrogens is 2. The van der Waals surface area contributed by atoms with Crippen LogP contribution in [0, 0.1) is 18.3 Å². The highest BCUT2D eigenvalue weighted by Gasteiger charge is 2.07. The van der Waals surface area contributed by atoms with Crippen LogP contribution in [0.2, 0.25) is 0 Å². The molecule has 0 fully saturated rings. The van der Waals surface area contributed by atoms with Crippen LogP contribution in [0.25, 0.3) is 22.7 Å². The third kappa shape index (κ3) is 2.32. The molecule has 0 radical (unpaired) electrons. The highest BCUT2D eigenvalue weighted by Crippen LogP contribution is 2.19. The highest BCUT2D eigenvalue weighted by molar-refractivity contribution is 5.90. The largest absolute Gasteiger partial charge is 0.337 e. The van der Waals surface area contributed by atoms with Gasteiger partial charge in [0.2, 0.25) is 0 Å². The summed E-state index contributed by atoms with van der Waals surface area (Å²) in [5.41, 5.74) is 4.51. The van der Waals surface area contributed by atoms with Crippen molar-refractivity contribution < 1.29 is 0 Å². The van der Waals surface area contributed by atoms with Crippen LogP contribution in [0.1, 0.15) is 17.0 Å². The summed E-state index contributed by atoms with van der Waals surface area (Å²) in [5, 5.41) is 9.36. The van der Waals surface area contributed by atoms with E-state index in [1.165, 1.54) is 5.56 Å². The fourth-order valence-electron chi connectivity index (χ4n) is 2.16. The van der Waals surface area contributed by atoms with E-state index in [1.54, 1.807) is 0 Å². The predicted octanol–water partition coefficient (Wildman–Crippen LogP) is 3.94. The van der Waals surface area contributed by atoms with Gasteiger partial charge in [0.05, 0.1) is 16.6 Å². The van der Waals surface area contributed by atoms with E-state index in [4.69, 9.17) is 0 Å². The Kier molecular flexibility index (Phi) is 3.06. The minimum Gasteiger partial charge on any atom is -0.337 e. The van der Waals surface area contributed by atoms with Crippen molar-refractivity contribution in [3.05, 3.63) is 65.5 Å². The lowest BCUT2D eigenvalue weighted by molar-refractivity contribution is 1.27. The Morgan fingerprint density at radius 2 is 2.05 bits per heavy atom. The smallest absolute Gasteiger partial charge is 0.149 e. The number of nitriles is 1. The van der Waals surface area contributed by atoms with Crippen molar-refractivity contribution in [1.29, 1.82) is 5.26 Å². The zero-order valence-electron chi connectivity index (χ0n) is 11.1. The number of para-hydroxylation sites is 2. The van der Waals surface area contributed by atoms with Gasteiger partial charge in [-0.25, -0.2) is 4.98 Å². The molecule has 20 heavy (non-hydrogen) atoms. The van der Waals surface area contributed by atoms with Gasteiger partial charge in [0.1, 0.15) is 11.9 Å². The average Bonchev–Trinajstić information content (AvgIpc) is 2.88. The summed E-state index contributed by atoms with van der Waals surface area (Å²) >= 11 is 0. The van der Waals surface area contributed by atoms with E-state index in [0.29, 0.717) is 11.4 Å². The molecule has 0 unspecified atom stereocenters. The first-order chi connectivity index (χ1) is 9.76. The van der Waals surface area contributed by atoms with Gasteiger partial charge in [-0.1, -0.05) is 42.0 Å². The molecule has 0 aliphatic carbocycles. The second-order valence-corrected chi connectivity index (χ2v) is 4.69. The fourth-order valence-corrected chi connectivity index (χ4v) is 2.16. The maximum atomic E-state index is 9.36. The van der Waals surface area contributed by atoms with Crippen molar-refractivity contribution in [2.45, 2.75) is 6.92 Å². The van der Waals surface area contributed by atoms with Gasteiger partial charge in [0, 0.05) is 0 Å². The number of imidazole rings is 1. The first kappa shape index (κ1) is 12.2. The van der Waals surface area contributed by atoms with E-state index >= 15 is 0 Å². The third-order valence-corrected chi connectivity index (χ3v) is 3.12. The predicted molar refractivity (Wildman–Crippen MR) is 80.8 cm³/mol. The molecular formula is C17H13N3. The molecule has 0 aliphatic heterocycles. The zero-order valence-corrected chi connectivity index (χ0v) is 11.1. The number of hydrogen-bond acceptors (Lipinski definition) is 2. The molecular weight excluding hydrogens is 246 g/mol. The van der Waals surface area contributed by atoms with Gasteiger partial charge in [-0.2, -0.15) is 5.26 Å². The van der Waals surface area contributed by atoms with Crippen LogP contribution in [-0.4, -0.2) is 9.97 Å². The number of fused-ring (bicyclic) bond motifs is 1. The summed E-state index contributed by atoms with van der Waals surface area (Å²) in [5.74, 6) is 0.607. The summed E-state index contributed by atoms with van der Waals surface area (Å²) in [6.07, 6.45) is 1.85. The molecule has 1 aromatic heterocycles. The van der Waals surface area contributed by atoms with E-state index in [0.717, 1.165) is 16.6 Å². The van der Waals surface area contributed by atoms with Crippen LogP contribution < -0.4 is 0 Å². The number of benzene rings is 2. The average molecular weight is 259 g/mol. The van der Waals surface area contributed by atoms with Crippen molar-refractivity contribution in [2.24, 2.45) is 0 Å². The number of H-pyrrole nitrogens is 1. The van der Waals surface area contributed by atoms with E-state index in [1.807, 2.05) is 61.5 Å². The molecule has 1 heterocycles. The topological polar surface area (TPSA) is 52.5 Å². The standard InChI is InChI=1S/C17H13N3/c1-12-5-4-6-13(9-12)10-14(11-18)17-19-15-7-2-3-8-16(15)20-17/h2-10H,1H3,(H,19,20)/b14-10+. The van der Waals surface area contributed by atoms with E-state index in [-0.39, 0.29) is 0 Å². The third-order valence-electron chi connectivity index (χ3n) is 3.12. The molecule has 1 N–H and O–H groups in total. The lowest BCUT2D eigenvalue weighted by Crippen LogP contribution is -1.85. The van der Waals surface area contributed by atoms with E-state index < -0.39 is 0 Å². The van der Waals surface area contributed by atoms with Crippen molar-refractivity contribution in [1.82, 2.24) is 9.97 Å². The van der Waals surface area contributed by atoms with Crippen LogP contribution in [0.4, 0.5) is 0 Å². The van der Waals surface area contributed by atoms with E-state index in [2.05, 4.69) is 16.0 Å².